The lowest BCUT2D eigenvalue weighted by molar-refractivity contribution is -0.136. The minimum absolute atomic E-state index is 0.0264. The van der Waals surface area contributed by atoms with Crippen LogP contribution in [-0.4, -0.2) is 53.8 Å². The van der Waals surface area contributed by atoms with E-state index in [9.17, 15) is 9.59 Å². The Morgan fingerprint density at radius 1 is 1.21 bits per heavy atom. The molecule has 1 heterocycles. The molecule has 2 amide bonds. The van der Waals surface area contributed by atoms with E-state index in [1.54, 1.807) is 9.80 Å². The molecule has 0 spiro atoms. The van der Waals surface area contributed by atoms with E-state index in [1.807, 2.05) is 6.07 Å². The summed E-state index contributed by atoms with van der Waals surface area (Å²) in [5, 5.41) is 12.1. The number of carbonyl (C=O) groups excluding carboxylic acids is 2. The highest BCUT2D eigenvalue weighted by atomic mass is 16.2. The van der Waals surface area contributed by atoms with Gasteiger partial charge in [-0.1, -0.05) is 0 Å². The first-order chi connectivity index (χ1) is 9.11. The number of nitriles is 1. The molecule has 0 atom stereocenters. The summed E-state index contributed by atoms with van der Waals surface area (Å²) in [6.45, 7) is 3.57. The molecule has 0 aromatic rings. The highest BCUT2D eigenvalue weighted by Gasteiger charge is 2.25. The van der Waals surface area contributed by atoms with Crippen molar-refractivity contribution in [3.05, 3.63) is 11.8 Å². The zero-order chi connectivity index (χ0) is 13.8. The van der Waals surface area contributed by atoms with Crippen molar-refractivity contribution >= 4 is 11.8 Å². The number of nitrogens with zero attached hydrogens (tertiary/aromatic N) is 3. The van der Waals surface area contributed by atoms with E-state index in [2.05, 4.69) is 5.32 Å². The molecular formula is C13H18N4O2. The molecule has 0 bridgehead atoms. The highest BCUT2D eigenvalue weighted by Crippen LogP contribution is 2.19. The average molecular weight is 262 g/mol. The summed E-state index contributed by atoms with van der Waals surface area (Å²) >= 11 is 0. The van der Waals surface area contributed by atoms with Gasteiger partial charge in [0.1, 0.15) is 11.6 Å². The Bertz CT molecular complexity index is 440. The predicted molar refractivity (Wildman–Crippen MR) is 68.7 cm³/mol. The topological polar surface area (TPSA) is 76.4 Å². The Kier molecular flexibility index (Phi) is 4.05. The Morgan fingerprint density at radius 2 is 1.79 bits per heavy atom. The first-order valence-electron chi connectivity index (χ1n) is 6.53. The molecule has 6 heteroatoms. The van der Waals surface area contributed by atoms with Crippen LogP contribution in [0.2, 0.25) is 0 Å². The number of rotatable bonds is 3. The fourth-order valence-electron chi connectivity index (χ4n) is 1.99. The maximum absolute atomic E-state index is 12.1. The molecule has 6 nitrogen and oxygen atoms in total. The monoisotopic (exact) mass is 262 g/mol. The standard InChI is InChI=1S/C13H18N4O2/c1-10(18)16-4-6-17(7-5-16)13(19)11(8-14)9-15-12-2-3-12/h9,12,15H,2-7H2,1H3/b11-9-. The summed E-state index contributed by atoms with van der Waals surface area (Å²) in [4.78, 5) is 26.7. The van der Waals surface area contributed by atoms with Crippen molar-refractivity contribution in [3.8, 4) is 6.07 Å². The summed E-state index contributed by atoms with van der Waals surface area (Å²) in [6.07, 6.45) is 3.72. The molecule has 2 rings (SSSR count). The second-order valence-electron chi connectivity index (χ2n) is 4.91. The first-order valence-corrected chi connectivity index (χ1v) is 6.53. The normalized spacial score (nSPS) is 19.9. The molecule has 102 valence electrons. The Hall–Kier alpha value is -2.03. The molecule has 1 aliphatic carbocycles. The zero-order valence-electron chi connectivity index (χ0n) is 11.1. The van der Waals surface area contributed by atoms with Crippen LogP contribution in [0, 0.1) is 11.3 Å². The number of nitrogens with one attached hydrogen (secondary N) is 1. The zero-order valence-corrected chi connectivity index (χ0v) is 11.1. The number of amides is 2. The van der Waals surface area contributed by atoms with Crippen LogP contribution in [-0.2, 0) is 9.59 Å². The summed E-state index contributed by atoms with van der Waals surface area (Å²) < 4.78 is 0. The Balaban J connectivity index is 1.90. The van der Waals surface area contributed by atoms with Crippen LogP contribution in [0.15, 0.2) is 11.8 Å². The van der Waals surface area contributed by atoms with Gasteiger partial charge in [0, 0.05) is 45.3 Å². The SMILES string of the molecule is CC(=O)N1CCN(C(=O)/C(C#N)=C\NC2CC2)CC1. The molecule has 1 saturated heterocycles. The van der Waals surface area contributed by atoms with Crippen molar-refractivity contribution in [1.29, 1.82) is 5.26 Å². The molecule has 1 aliphatic heterocycles. The second kappa shape index (κ2) is 5.74. The molecule has 0 aromatic carbocycles. The van der Waals surface area contributed by atoms with Crippen LogP contribution in [0.4, 0.5) is 0 Å². The Labute approximate surface area is 112 Å². The van der Waals surface area contributed by atoms with Crippen LogP contribution in [0.25, 0.3) is 0 Å². The van der Waals surface area contributed by atoms with E-state index in [4.69, 9.17) is 5.26 Å². The van der Waals surface area contributed by atoms with E-state index in [-0.39, 0.29) is 17.4 Å². The average Bonchev–Trinajstić information content (AvgIpc) is 3.23. The summed E-state index contributed by atoms with van der Waals surface area (Å²) in [5.41, 5.74) is 0.142. The smallest absolute Gasteiger partial charge is 0.266 e. The first kappa shape index (κ1) is 13.4. The van der Waals surface area contributed by atoms with Crippen LogP contribution in [0.1, 0.15) is 19.8 Å². The van der Waals surface area contributed by atoms with Crippen LogP contribution in [0.5, 0.6) is 0 Å². The predicted octanol–water partition coefficient (Wildman–Crippen LogP) is -0.163. The molecule has 0 unspecified atom stereocenters. The van der Waals surface area contributed by atoms with E-state index >= 15 is 0 Å². The summed E-state index contributed by atoms with van der Waals surface area (Å²) in [7, 11) is 0. The molecule has 1 saturated carbocycles. The van der Waals surface area contributed by atoms with Gasteiger partial charge < -0.3 is 15.1 Å². The third-order valence-electron chi connectivity index (χ3n) is 3.40. The summed E-state index contributed by atoms with van der Waals surface area (Å²) in [5.74, 6) is -0.225. The number of carbonyl (C=O) groups is 2. The lowest BCUT2D eigenvalue weighted by Crippen LogP contribution is -2.50. The third-order valence-corrected chi connectivity index (χ3v) is 3.40. The Morgan fingerprint density at radius 3 is 2.26 bits per heavy atom. The van der Waals surface area contributed by atoms with Crippen molar-refractivity contribution < 1.29 is 9.59 Å². The van der Waals surface area contributed by atoms with E-state index in [1.165, 1.54) is 13.1 Å². The highest BCUT2D eigenvalue weighted by molar-refractivity contribution is 5.97. The van der Waals surface area contributed by atoms with Crippen LogP contribution < -0.4 is 5.32 Å². The van der Waals surface area contributed by atoms with Crippen LogP contribution in [0.3, 0.4) is 0 Å². The summed E-state index contributed by atoms with van der Waals surface area (Å²) in [6, 6.07) is 2.37. The van der Waals surface area contributed by atoms with Gasteiger partial charge in [0.15, 0.2) is 0 Å². The van der Waals surface area contributed by atoms with Gasteiger partial charge in [-0.15, -0.1) is 0 Å². The molecule has 19 heavy (non-hydrogen) atoms. The van der Waals surface area contributed by atoms with Gasteiger partial charge in [0.25, 0.3) is 5.91 Å². The molecular weight excluding hydrogens is 244 g/mol. The van der Waals surface area contributed by atoms with Gasteiger partial charge in [-0.25, -0.2) is 0 Å². The van der Waals surface area contributed by atoms with Gasteiger partial charge in [-0.3, -0.25) is 9.59 Å². The maximum Gasteiger partial charge on any atom is 0.266 e. The van der Waals surface area contributed by atoms with Crippen LogP contribution >= 0.6 is 0 Å². The van der Waals surface area contributed by atoms with E-state index in [0.29, 0.717) is 32.2 Å². The molecule has 0 aromatic heterocycles. The molecule has 2 aliphatic rings. The second-order valence-corrected chi connectivity index (χ2v) is 4.91. The van der Waals surface area contributed by atoms with Crippen molar-refractivity contribution in [2.24, 2.45) is 0 Å². The largest absolute Gasteiger partial charge is 0.387 e. The lowest BCUT2D eigenvalue weighted by atomic mass is 10.2. The van der Waals surface area contributed by atoms with Crippen molar-refractivity contribution in [3.63, 3.8) is 0 Å². The van der Waals surface area contributed by atoms with Crippen molar-refractivity contribution in [2.75, 3.05) is 26.2 Å². The number of hydrogen-bond acceptors (Lipinski definition) is 4. The number of hydrogen-bond donors (Lipinski definition) is 1. The van der Waals surface area contributed by atoms with Gasteiger partial charge in [-0.05, 0) is 12.8 Å². The molecule has 0 radical (unpaired) electrons. The van der Waals surface area contributed by atoms with Gasteiger partial charge in [0.2, 0.25) is 5.91 Å². The molecule has 2 fully saturated rings. The van der Waals surface area contributed by atoms with Gasteiger partial charge in [0.05, 0.1) is 0 Å². The van der Waals surface area contributed by atoms with Gasteiger partial charge >= 0.3 is 0 Å². The third kappa shape index (κ3) is 3.47. The quantitative estimate of drug-likeness (QED) is 0.566. The minimum Gasteiger partial charge on any atom is -0.387 e. The lowest BCUT2D eigenvalue weighted by Gasteiger charge is -2.34. The fraction of sp³-hybridized carbons (Fsp3) is 0.615. The fourth-order valence-corrected chi connectivity index (χ4v) is 1.99. The number of piperazine rings is 1. The van der Waals surface area contributed by atoms with E-state index < -0.39 is 0 Å². The maximum atomic E-state index is 12.1. The van der Waals surface area contributed by atoms with Crippen molar-refractivity contribution in [1.82, 2.24) is 15.1 Å². The van der Waals surface area contributed by atoms with E-state index in [0.717, 1.165) is 12.8 Å². The minimum atomic E-state index is -0.251. The molecule has 1 N–H and O–H groups in total. The van der Waals surface area contributed by atoms with Crippen molar-refractivity contribution in [2.45, 2.75) is 25.8 Å². The van der Waals surface area contributed by atoms with Gasteiger partial charge in [-0.2, -0.15) is 5.26 Å².